The zero-order chi connectivity index (χ0) is 12.8. The summed E-state index contributed by atoms with van der Waals surface area (Å²) in [6, 6.07) is 4.25. The van der Waals surface area contributed by atoms with Crippen LogP contribution in [0.4, 0.5) is 0 Å². The average Bonchev–Trinajstić information content (AvgIpc) is 3.03. The third kappa shape index (κ3) is 3.55. The van der Waals surface area contributed by atoms with Gasteiger partial charge in [0, 0.05) is 11.3 Å². The van der Waals surface area contributed by atoms with Crippen LogP contribution in [0.15, 0.2) is 40.9 Å². The summed E-state index contributed by atoms with van der Waals surface area (Å²) in [5, 5.41) is 9.26. The van der Waals surface area contributed by atoms with Crippen molar-refractivity contribution in [3.8, 4) is 11.1 Å². The van der Waals surface area contributed by atoms with Gasteiger partial charge in [-0.1, -0.05) is 6.08 Å². The van der Waals surface area contributed by atoms with Crippen LogP contribution in [0.25, 0.3) is 11.1 Å². The van der Waals surface area contributed by atoms with Gasteiger partial charge < -0.3 is 5.32 Å². The molecule has 2 rings (SSSR count). The summed E-state index contributed by atoms with van der Waals surface area (Å²) >= 11 is 3.38. The Hall–Kier alpha value is -1.39. The van der Waals surface area contributed by atoms with E-state index in [0.29, 0.717) is 13.0 Å². The Morgan fingerprint density at radius 1 is 1.39 bits per heavy atom. The highest BCUT2D eigenvalue weighted by atomic mass is 32.1. The van der Waals surface area contributed by atoms with E-state index in [1.54, 1.807) is 28.7 Å². The van der Waals surface area contributed by atoms with Crippen molar-refractivity contribution in [2.75, 3.05) is 0 Å². The highest BCUT2D eigenvalue weighted by Crippen LogP contribution is 2.27. The summed E-state index contributed by atoms with van der Waals surface area (Å²) in [4.78, 5) is 12.6. The first kappa shape index (κ1) is 13.1. The minimum absolute atomic E-state index is 0.0837. The Morgan fingerprint density at radius 3 is 3.00 bits per heavy atom. The molecule has 0 saturated carbocycles. The lowest BCUT2D eigenvalue weighted by molar-refractivity contribution is -0.121. The summed E-state index contributed by atoms with van der Waals surface area (Å²) in [5.41, 5.74) is 2.48. The predicted octanol–water partition coefficient (Wildman–Crippen LogP) is 4.06. The van der Waals surface area contributed by atoms with Gasteiger partial charge in [-0.15, -0.1) is 17.9 Å². The predicted molar refractivity (Wildman–Crippen MR) is 78.9 cm³/mol. The maximum Gasteiger partial charge on any atom is 0.220 e. The average molecular weight is 277 g/mol. The number of carbonyl (C=O) groups is 1. The van der Waals surface area contributed by atoms with E-state index in [4.69, 9.17) is 0 Å². The van der Waals surface area contributed by atoms with Gasteiger partial charge in [-0.3, -0.25) is 4.79 Å². The number of nitrogens with one attached hydrogen (secondary N) is 1. The SMILES string of the molecule is C=CCCC(=O)NCc1cc(-c2ccsc2)cs1. The molecule has 18 heavy (non-hydrogen) atoms. The van der Waals surface area contributed by atoms with Gasteiger partial charge in [0.05, 0.1) is 6.54 Å². The van der Waals surface area contributed by atoms with Gasteiger partial charge in [-0.2, -0.15) is 11.3 Å². The molecule has 0 aliphatic rings. The summed E-state index contributed by atoms with van der Waals surface area (Å²) in [7, 11) is 0. The second-order valence-electron chi connectivity index (χ2n) is 3.92. The van der Waals surface area contributed by atoms with E-state index in [0.717, 1.165) is 6.42 Å². The van der Waals surface area contributed by atoms with Gasteiger partial charge in [-0.25, -0.2) is 0 Å². The van der Waals surface area contributed by atoms with Crippen LogP contribution in [0.5, 0.6) is 0 Å². The normalized spacial score (nSPS) is 10.2. The van der Waals surface area contributed by atoms with Crippen LogP contribution in [0, 0.1) is 0 Å². The Kier molecular flexibility index (Phi) is 4.73. The van der Waals surface area contributed by atoms with Crippen LogP contribution in [0.3, 0.4) is 0 Å². The highest BCUT2D eigenvalue weighted by molar-refractivity contribution is 7.10. The minimum atomic E-state index is 0.0837. The maximum atomic E-state index is 11.5. The van der Waals surface area contributed by atoms with Crippen molar-refractivity contribution >= 4 is 28.6 Å². The number of hydrogen-bond donors (Lipinski definition) is 1. The molecule has 94 valence electrons. The van der Waals surface area contributed by atoms with E-state index < -0.39 is 0 Å². The van der Waals surface area contributed by atoms with Crippen LogP contribution in [-0.2, 0) is 11.3 Å². The molecule has 0 unspecified atom stereocenters. The number of carbonyl (C=O) groups excluding carboxylic acids is 1. The highest BCUT2D eigenvalue weighted by Gasteiger charge is 2.04. The van der Waals surface area contributed by atoms with Crippen LogP contribution in [-0.4, -0.2) is 5.91 Å². The van der Waals surface area contributed by atoms with Crippen LogP contribution in [0.2, 0.25) is 0 Å². The van der Waals surface area contributed by atoms with E-state index in [1.165, 1.54) is 16.0 Å². The van der Waals surface area contributed by atoms with Crippen molar-refractivity contribution in [2.45, 2.75) is 19.4 Å². The number of hydrogen-bond acceptors (Lipinski definition) is 3. The molecule has 0 atom stereocenters. The van der Waals surface area contributed by atoms with Gasteiger partial charge in [0.1, 0.15) is 0 Å². The summed E-state index contributed by atoms with van der Waals surface area (Å²) < 4.78 is 0. The molecule has 0 aromatic carbocycles. The third-order valence-corrected chi connectivity index (χ3v) is 4.16. The second-order valence-corrected chi connectivity index (χ2v) is 5.69. The number of rotatable bonds is 6. The lowest BCUT2D eigenvalue weighted by atomic mass is 10.2. The van der Waals surface area contributed by atoms with Crippen molar-refractivity contribution in [2.24, 2.45) is 0 Å². The molecular formula is C14H15NOS2. The Bertz CT molecular complexity index is 514. The molecule has 1 N–H and O–H groups in total. The van der Waals surface area contributed by atoms with Crippen LogP contribution in [0.1, 0.15) is 17.7 Å². The number of amides is 1. The van der Waals surface area contributed by atoms with Gasteiger partial charge in [0.15, 0.2) is 0 Å². The first-order chi connectivity index (χ1) is 8.79. The monoisotopic (exact) mass is 277 g/mol. The lowest BCUT2D eigenvalue weighted by Crippen LogP contribution is -2.21. The number of thiophene rings is 2. The van der Waals surface area contributed by atoms with E-state index in [-0.39, 0.29) is 5.91 Å². The van der Waals surface area contributed by atoms with Gasteiger partial charge >= 0.3 is 0 Å². The van der Waals surface area contributed by atoms with E-state index in [1.807, 2.05) is 0 Å². The Labute approximate surface area is 115 Å². The molecule has 0 radical (unpaired) electrons. The van der Waals surface area contributed by atoms with Crippen molar-refractivity contribution < 1.29 is 4.79 Å². The topological polar surface area (TPSA) is 29.1 Å². The Balaban J connectivity index is 1.87. The first-order valence-electron chi connectivity index (χ1n) is 5.77. The van der Waals surface area contributed by atoms with Crippen molar-refractivity contribution in [1.82, 2.24) is 5.32 Å². The quantitative estimate of drug-likeness (QED) is 0.793. The molecule has 2 aromatic heterocycles. The van der Waals surface area contributed by atoms with Crippen LogP contribution < -0.4 is 5.32 Å². The fourth-order valence-electron chi connectivity index (χ4n) is 1.56. The molecule has 0 spiro atoms. The zero-order valence-electron chi connectivity index (χ0n) is 10.0. The van der Waals surface area contributed by atoms with Crippen LogP contribution >= 0.6 is 22.7 Å². The van der Waals surface area contributed by atoms with Gasteiger partial charge in [0.25, 0.3) is 0 Å². The fourth-order valence-corrected chi connectivity index (χ4v) is 3.06. The molecule has 2 nitrogen and oxygen atoms in total. The molecule has 0 fully saturated rings. The van der Waals surface area contributed by atoms with E-state index in [2.05, 4.69) is 40.2 Å². The van der Waals surface area contributed by atoms with Crippen molar-refractivity contribution in [3.05, 3.63) is 45.8 Å². The van der Waals surface area contributed by atoms with Crippen molar-refractivity contribution in [1.29, 1.82) is 0 Å². The largest absolute Gasteiger partial charge is 0.351 e. The van der Waals surface area contributed by atoms with Gasteiger partial charge in [-0.05, 0) is 45.8 Å². The molecule has 0 bridgehead atoms. The number of allylic oxidation sites excluding steroid dienone is 1. The maximum absolute atomic E-state index is 11.5. The standard InChI is InChI=1S/C14H15NOS2/c1-2-3-4-14(16)15-8-13-7-12(10-18-13)11-5-6-17-9-11/h2,5-7,9-10H,1,3-4,8H2,(H,15,16). The molecule has 2 heterocycles. The Morgan fingerprint density at radius 2 is 2.28 bits per heavy atom. The van der Waals surface area contributed by atoms with E-state index in [9.17, 15) is 4.79 Å². The molecule has 4 heteroatoms. The molecule has 0 saturated heterocycles. The summed E-state index contributed by atoms with van der Waals surface area (Å²) in [5.74, 6) is 0.0837. The summed E-state index contributed by atoms with van der Waals surface area (Å²) in [6.45, 7) is 4.22. The third-order valence-electron chi connectivity index (χ3n) is 2.54. The zero-order valence-corrected chi connectivity index (χ0v) is 11.7. The first-order valence-corrected chi connectivity index (χ1v) is 7.59. The molecule has 1 amide bonds. The van der Waals surface area contributed by atoms with Crippen molar-refractivity contribution in [3.63, 3.8) is 0 Å². The molecular weight excluding hydrogens is 262 g/mol. The smallest absolute Gasteiger partial charge is 0.220 e. The second kappa shape index (κ2) is 6.52. The fraction of sp³-hybridized carbons (Fsp3) is 0.214. The summed E-state index contributed by atoms with van der Waals surface area (Å²) in [6.07, 6.45) is 3.02. The molecule has 2 aromatic rings. The minimum Gasteiger partial charge on any atom is -0.351 e. The molecule has 0 aliphatic heterocycles. The molecule has 0 aliphatic carbocycles. The van der Waals surface area contributed by atoms with E-state index >= 15 is 0 Å². The van der Waals surface area contributed by atoms with Gasteiger partial charge in [0.2, 0.25) is 5.91 Å². The lowest BCUT2D eigenvalue weighted by Gasteiger charge is -2.01.